The Balaban J connectivity index is 3.24. The Kier molecular flexibility index (Phi) is 6.50. The van der Waals surface area contributed by atoms with Crippen LogP contribution in [-0.4, -0.2) is 43.3 Å². The van der Waals surface area contributed by atoms with E-state index in [-0.39, 0.29) is 14.0 Å². The molecule has 1 heterocycles. The van der Waals surface area contributed by atoms with Crippen molar-refractivity contribution in [2.45, 2.75) is 35.5 Å². The fourth-order valence-corrected chi connectivity index (χ4v) is 4.99. The lowest BCUT2D eigenvalue weighted by molar-refractivity contribution is -0.292. The van der Waals surface area contributed by atoms with Gasteiger partial charge >= 0.3 is 0 Å². The van der Waals surface area contributed by atoms with Crippen LogP contribution in [0.3, 0.4) is 0 Å². The van der Waals surface area contributed by atoms with Gasteiger partial charge in [-0.05, 0) is 19.9 Å². The van der Waals surface area contributed by atoms with Crippen LogP contribution in [0.4, 0.5) is 0 Å². The van der Waals surface area contributed by atoms with Crippen LogP contribution in [0.15, 0.2) is 15.2 Å². The van der Waals surface area contributed by atoms with Gasteiger partial charge in [0.25, 0.3) is 6.48 Å². The highest BCUT2D eigenvalue weighted by atomic mass is 32.2. The van der Waals surface area contributed by atoms with Crippen LogP contribution < -0.4 is 5.14 Å². The highest BCUT2D eigenvalue weighted by Gasteiger charge is 2.27. The van der Waals surface area contributed by atoms with Gasteiger partial charge in [-0.25, -0.2) is 22.0 Å². The minimum atomic E-state index is -4.01. The first-order chi connectivity index (χ1) is 10.0. The Morgan fingerprint density at radius 2 is 1.91 bits per heavy atom. The summed E-state index contributed by atoms with van der Waals surface area (Å²) in [6.45, 7) is 2.65. The second-order valence-electron chi connectivity index (χ2n) is 4.37. The molecule has 0 aliphatic heterocycles. The molecule has 2 unspecified atom stereocenters. The first-order valence-corrected chi connectivity index (χ1v) is 10.4. The summed E-state index contributed by atoms with van der Waals surface area (Å²) in [7, 11) is -6.28. The number of rotatable bonds is 8. The molecule has 0 saturated carbocycles. The van der Waals surface area contributed by atoms with Gasteiger partial charge in [0, 0.05) is 20.0 Å². The zero-order valence-corrected chi connectivity index (χ0v) is 15.0. The van der Waals surface area contributed by atoms with Gasteiger partial charge in [-0.1, -0.05) is 0 Å². The molecule has 0 amide bonds. The van der Waals surface area contributed by atoms with E-state index in [1.54, 1.807) is 13.8 Å². The number of thiophene rings is 1. The summed E-state index contributed by atoms with van der Waals surface area (Å²) < 4.78 is 61.8. The van der Waals surface area contributed by atoms with Crippen LogP contribution in [0.1, 0.15) is 24.8 Å². The molecule has 0 saturated heterocycles. The van der Waals surface area contributed by atoms with Crippen molar-refractivity contribution in [2.75, 3.05) is 20.0 Å². The number of nitrogens with two attached hydrogens (primary N) is 1. The molecule has 8 nitrogen and oxygen atoms in total. The second kappa shape index (κ2) is 7.34. The number of ether oxygens (including phenoxy) is 3. The molecule has 0 fully saturated rings. The summed E-state index contributed by atoms with van der Waals surface area (Å²) in [6, 6.07) is 1.03. The van der Waals surface area contributed by atoms with Crippen LogP contribution in [-0.2, 0) is 34.1 Å². The molecular formula is C11H19NO7S3. The molecule has 0 aliphatic carbocycles. The maximum Gasteiger partial charge on any atom is 0.271 e. The molecule has 1 rings (SSSR count). The van der Waals surface area contributed by atoms with Gasteiger partial charge in [0.05, 0.1) is 15.9 Å². The van der Waals surface area contributed by atoms with Gasteiger partial charge in [0.1, 0.15) is 4.21 Å². The van der Waals surface area contributed by atoms with Gasteiger partial charge < -0.3 is 14.2 Å². The van der Waals surface area contributed by atoms with Crippen molar-refractivity contribution >= 4 is 31.2 Å². The monoisotopic (exact) mass is 373 g/mol. The number of methoxy groups -OCH3 is 1. The predicted molar refractivity (Wildman–Crippen MR) is 80.7 cm³/mol. The molecule has 2 atom stereocenters. The Labute approximate surface area is 134 Å². The topological polar surface area (TPSA) is 122 Å². The quantitative estimate of drug-likeness (QED) is 0.670. The van der Waals surface area contributed by atoms with Gasteiger partial charge in [0.15, 0.2) is 9.84 Å². The Hall–Kier alpha value is -0.560. The molecule has 1 aromatic rings. The maximum atomic E-state index is 11.8. The molecule has 1 aromatic heterocycles. The van der Waals surface area contributed by atoms with Gasteiger partial charge in [-0.3, -0.25) is 0 Å². The molecule has 0 aromatic carbocycles. The summed E-state index contributed by atoms with van der Waals surface area (Å²) >= 11 is 0.744. The van der Waals surface area contributed by atoms with E-state index < -0.39 is 32.4 Å². The van der Waals surface area contributed by atoms with Gasteiger partial charge in [-0.2, -0.15) is 0 Å². The van der Waals surface area contributed by atoms with Crippen molar-refractivity contribution in [2.24, 2.45) is 5.14 Å². The average molecular weight is 373 g/mol. The molecule has 2 N–H and O–H groups in total. The third-order valence-corrected chi connectivity index (χ3v) is 6.54. The highest BCUT2D eigenvalue weighted by Crippen LogP contribution is 2.35. The summed E-state index contributed by atoms with van der Waals surface area (Å²) in [6.07, 6.45) is 0.218. The summed E-state index contributed by atoms with van der Waals surface area (Å²) in [5, 5.41) is 5.06. The first-order valence-electron chi connectivity index (χ1n) is 6.17. The highest BCUT2D eigenvalue weighted by molar-refractivity contribution is 7.92. The van der Waals surface area contributed by atoms with Crippen LogP contribution >= 0.6 is 11.3 Å². The van der Waals surface area contributed by atoms with E-state index in [1.165, 1.54) is 7.11 Å². The zero-order chi connectivity index (χ0) is 17.1. The Morgan fingerprint density at radius 1 is 1.32 bits per heavy atom. The largest absolute Gasteiger partial charge is 0.333 e. The summed E-state index contributed by atoms with van der Waals surface area (Å²) in [5.74, 6) is 0. The minimum Gasteiger partial charge on any atom is -0.333 e. The standard InChI is InChI=1S/C11H19NO7S3/c1-5-18-11(17-3)19-7(2)10-8(21(4,13)14)6-9(20-10)22(12,15)16/h6-7,11H,5H2,1-4H3,(H2,12,15,16). The van der Waals surface area contributed by atoms with E-state index in [0.717, 1.165) is 23.7 Å². The van der Waals surface area contributed by atoms with Gasteiger partial charge in [0.2, 0.25) is 10.0 Å². The van der Waals surface area contributed by atoms with Crippen molar-refractivity contribution < 1.29 is 31.0 Å². The van der Waals surface area contributed by atoms with Crippen molar-refractivity contribution in [1.29, 1.82) is 0 Å². The number of hydrogen-bond acceptors (Lipinski definition) is 8. The lowest BCUT2D eigenvalue weighted by Crippen LogP contribution is -2.21. The predicted octanol–water partition coefficient (Wildman–Crippen LogP) is 0.843. The zero-order valence-electron chi connectivity index (χ0n) is 12.6. The second-order valence-corrected chi connectivity index (χ2v) is 9.23. The average Bonchev–Trinajstić information content (AvgIpc) is 2.82. The molecule has 0 spiro atoms. The van der Waals surface area contributed by atoms with Crippen LogP contribution in [0, 0.1) is 0 Å². The minimum absolute atomic E-state index is 0.139. The number of sulfone groups is 1. The molecule has 0 radical (unpaired) electrons. The summed E-state index contributed by atoms with van der Waals surface area (Å²) in [5.41, 5.74) is 0. The van der Waals surface area contributed by atoms with E-state index in [9.17, 15) is 16.8 Å². The van der Waals surface area contributed by atoms with Crippen molar-refractivity contribution in [3.63, 3.8) is 0 Å². The fourth-order valence-electron chi connectivity index (χ4n) is 1.61. The van der Waals surface area contributed by atoms with Gasteiger partial charge in [-0.15, -0.1) is 11.3 Å². The normalized spacial score (nSPS) is 15.7. The van der Waals surface area contributed by atoms with Crippen molar-refractivity contribution in [1.82, 2.24) is 0 Å². The van der Waals surface area contributed by atoms with E-state index in [4.69, 9.17) is 19.3 Å². The Morgan fingerprint density at radius 3 is 2.32 bits per heavy atom. The molecular weight excluding hydrogens is 354 g/mol. The van der Waals surface area contributed by atoms with Crippen molar-refractivity contribution in [3.8, 4) is 0 Å². The third kappa shape index (κ3) is 4.98. The van der Waals surface area contributed by atoms with E-state index in [1.807, 2.05) is 0 Å². The Bertz CT molecular complexity index is 708. The molecule has 0 aliphatic rings. The van der Waals surface area contributed by atoms with E-state index in [2.05, 4.69) is 0 Å². The molecule has 22 heavy (non-hydrogen) atoms. The fraction of sp³-hybridized carbons (Fsp3) is 0.636. The smallest absolute Gasteiger partial charge is 0.271 e. The van der Waals surface area contributed by atoms with Crippen molar-refractivity contribution in [3.05, 3.63) is 10.9 Å². The van der Waals surface area contributed by atoms with Crippen LogP contribution in [0.2, 0.25) is 0 Å². The number of sulfonamides is 1. The molecule has 0 bridgehead atoms. The maximum absolute atomic E-state index is 11.8. The van der Waals surface area contributed by atoms with Crippen LogP contribution in [0.25, 0.3) is 0 Å². The first kappa shape index (κ1) is 19.5. The SMILES string of the molecule is CCOC(OC)OC(C)c1sc(S(N)(=O)=O)cc1S(C)(=O)=O. The molecule has 11 heteroatoms. The number of hydrogen-bond donors (Lipinski definition) is 1. The molecule has 128 valence electrons. The van der Waals surface area contributed by atoms with E-state index in [0.29, 0.717) is 6.61 Å². The lowest BCUT2D eigenvalue weighted by Gasteiger charge is -2.20. The van der Waals surface area contributed by atoms with Crippen LogP contribution in [0.5, 0.6) is 0 Å². The lowest BCUT2D eigenvalue weighted by atomic mass is 10.3. The van der Waals surface area contributed by atoms with E-state index >= 15 is 0 Å². The summed E-state index contributed by atoms with van der Waals surface area (Å²) in [4.78, 5) is 0.0775. The third-order valence-electron chi connectivity index (χ3n) is 2.56. The number of primary sulfonamides is 1.